The van der Waals surface area contributed by atoms with Gasteiger partial charge in [0.25, 0.3) is 0 Å². The molecule has 1 heterocycles. The van der Waals surface area contributed by atoms with Gasteiger partial charge in [-0.3, -0.25) is 0 Å². The predicted molar refractivity (Wildman–Crippen MR) is 54.0 cm³/mol. The average Bonchev–Trinajstić information content (AvgIpc) is 2.23. The molecule has 0 amide bonds. The van der Waals surface area contributed by atoms with E-state index in [-0.39, 0.29) is 0 Å². The van der Waals surface area contributed by atoms with Gasteiger partial charge >= 0.3 is 0 Å². The molecule has 0 bridgehead atoms. The van der Waals surface area contributed by atoms with Crippen LogP contribution in [0.4, 0.5) is 0 Å². The summed E-state index contributed by atoms with van der Waals surface area (Å²) >= 11 is 0. The fourth-order valence-electron chi connectivity index (χ4n) is 1.76. The maximum atomic E-state index is 8.83. The van der Waals surface area contributed by atoms with Crippen molar-refractivity contribution in [3.8, 4) is 6.07 Å². The predicted octanol–water partition coefficient (Wildman–Crippen LogP) is 1.09. The first-order chi connectivity index (χ1) is 6.74. The van der Waals surface area contributed by atoms with Gasteiger partial charge in [0.2, 0.25) is 0 Å². The number of hydrogen-bond donors (Lipinski definition) is 1. The summed E-state index contributed by atoms with van der Waals surface area (Å²) < 4.78 is 0. The highest BCUT2D eigenvalue weighted by Gasteiger charge is 2.23. The van der Waals surface area contributed by atoms with Crippen molar-refractivity contribution in [1.82, 2.24) is 4.90 Å². The maximum absolute atomic E-state index is 8.83. The molecule has 14 heavy (non-hydrogen) atoms. The van der Waals surface area contributed by atoms with Gasteiger partial charge in [-0.1, -0.05) is 6.08 Å². The van der Waals surface area contributed by atoms with Crippen molar-refractivity contribution in [3.63, 3.8) is 0 Å². The number of aliphatic imine (C=N–C) groups is 1. The van der Waals surface area contributed by atoms with Crippen molar-refractivity contribution in [2.75, 3.05) is 7.05 Å². The molecule has 4 nitrogen and oxygen atoms in total. The van der Waals surface area contributed by atoms with Crippen LogP contribution in [-0.2, 0) is 0 Å². The van der Waals surface area contributed by atoms with Gasteiger partial charge in [0.05, 0.1) is 11.4 Å². The number of nitrogens with zero attached hydrogens (tertiary/aromatic N) is 3. The largest absolute Gasteiger partial charge is 0.383 e. The van der Waals surface area contributed by atoms with E-state index in [1.807, 2.05) is 18.0 Å². The molecule has 0 saturated heterocycles. The lowest BCUT2D eigenvalue weighted by molar-refractivity contribution is 0.512. The molecule has 0 fully saturated rings. The second-order valence-electron chi connectivity index (χ2n) is 3.44. The minimum absolute atomic E-state index is 0.335. The van der Waals surface area contributed by atoms with E-state index >= 15 is 0 Å². The Kier molecular flexibility index (Phi) is 2.01. The molecule has 72 valence electrons. The fourth-order valence-corrected chi connectivity index (χ4v) is 1.76. The van der Waals surface area contributed by atoms with E-state index in [0.717, 1.165) is 30.7 Å². The van der Waals surface area contributed by atoms with Crippen LogP contribution in [0.5, 0.6) is 0 Å². The zero-order valence-corrected chi connectivity index (χ0v) is 8.12. The van der Waals surface area contributed by atoms with Crippen molar-refractivity contribution in [1.29, 1.82) is 5.26 Å². The third-order valence-electron chi connectivity index (χ3n) is 2.57. The van der Waals surface area contributed by atoms with Crippen LogP contribution in [-0.4, -0.2) is 17.7 Å². The number of fused-ring (bicyclic) bond motifs is 1. The summed E-state index contributed by atoms with van der Waals surface area (Å²) in [5.74, 6) is 0.449. The number of rotatable bonds is 0. The normalized spacial score (nSPS) is 21.0. The summed E-state index contributed by atoms with van der Waals surface area (Å²) in [6, 6.07) is 2.02. The van der Waals surface area contributed by atoms with Gasteiger partial charge in [-0.2, -0.15) is 5.26 Å². The Bertz CT molecular complexity index is 395. The summed E-state index contributed by atoms with van der Waals surface area (Å²) in [7, 11) is 1.87. The number of nitriles is 1. The number of hydrogen-bond acceptors (Lipinski definition) is 4. The number of nitrogens with two attached hydrogens (primary N) is 1. The monoisotopic (exact) mass is 188 g/mol. The van der Waals surface area contributed by atoms with Gasteiger partial charge in [0.15, 0.2) is 5.70 Å². The lowest BCUT2D eigenvalue weighted by Gasteiger charge is -2.30. The van der Waals surface area contributed by atoms with Crippen molar-refractivity contribution in [3.05, 3.63) is 23.3 Å². The highest BCUT2D eigenvalue weighted by Crippen LogP contribution is 2.25. The van der Waals surface area contributed by atoms with Crippen LogP contribution in [0.15, 0.2) is 28.3 Å². The van der Waals surface area contributed by atoms with E-state index in [1.54, 1.807) is 0 Å². The molecule has 0 unspecified atom stereocenters. The minimum Gasteiger partial charge on any atom is -0.383 e. The van der Waals surface area contributed by atoms with Gasteiger partial charge in [-0.15, -0.1) is 0 Å². The second kappa shape index (κ2) is 3.18. The van der Waals surface area contributed by atoms with E-state index < -0.39 is 0 Å². The minimum atomic E-state index is 0.335. The van der Waals surface area contributed by atoms with Crippen LogP contribution in [0, 0.1) is 11.3 Å². The molecule has 2 N–H and O–H groups in total. The molecule has 0 radical (unpaired) electrons. The molecule has 1 aliphatic carbocycles. The van der Waals surface area contributed by atoms with Crippen molar-refractivity contribution in [2.45, 2.75) is 19.3 Å². The van der Waals surface area contributed by atoms with Crippen LogP contribution in [0.25, 0.3) is 0 Å². The standard InChI is InChI=1S/C10H12N4/c1-14-9-5-3-2-4-7(9)13-8(6-11)10(14)12/h5H,2-4,12H2,1H3. The SMILES string of the molecule is CN1C2=CCCCC2=NC(C#N)=C1N. The van der Waals surface area contributed by atoms with Gasteiger partial charge in [-0.05, 0) is 19.3 Å². The molecule has 1 aliphatic heterocycles. The Balaban J connectivity index is 2.49. The average molecular weight is 188 g/mol. The first kappa shape index (κ1) is 8.82. The molecule has 0 spiro atoms. The van der Waals surface area contributed by atoms with Crippen molar-refractivity contribution >= 4 is 5.71 Å². The maximum Gasteiger partial charge on any atom is 0.181 e. The van der Waals surface area contributed by atoms with Crippen LogP contribution >= 0.6 is 0 Å². The Morgan fingerprint density at radius 1 is 1.64 bits per heavy atom. The summed E-state index contributed by atoms with van der Waals surface area (Å²) in [5, 5.41) is 8.83. The molecule has 2 aliphatic rings. The molecule has 0 aromatic rings. The van der Waals surface area contributed by atoms with Crippen molar-refractivity contribution < 1.29 is 0 Å². The molecular weight excluding hydrogens is 176 g/mol. The third-order valence-corrected chi connectivity index (χ3v) is 2.57. The van der Waals surface area contributed by atoms with Gasteiger partial charge in [0, 0.05) is 7.05 Å². The Labute approximate surface area is 83.0 Å². The van der Waals surface area contributed by atoms with Crippen LogP contribution < -0.4 is 5.73 Å². The zero-order chi connectivity index (χ0) is 10.1. The zero-order valence-electron chi connectivity index (χ0n) is 8.12. The fraction of sp³-hybridized carbons (Fsp3) is 0.400. The molecular formula is C10H12N4. The molecule has 4 heteroatoms. The third kappa shape index (κ3) is 1.18. The molecule has 0 aromatic heterocycles. The smallest absolute Gasteiger partial charge is 0.181 e. The molecule has 2 rings (SSSR count). The summed E-state index contributed by atoms with van der Waals surface area (Å²) in [6.07, 6.45) is 5.24. The lowest BCUT2D eigenvalue weighted by atomic mass is 10.00. The highest BCUT2D eigenvalue weighted by molar-refractivity contribution is 6.02. The topological polar surface area (TPSA) is 65.4 Å². The van der Waals surface area contributed by atoms with E-state index in [2.05, 4.69) is 11.1 Å². The van der Waals surface area contributed by atoms with Crippen LogP contribution in [0.2, 0.25) is 0 Å². The van der Waals surface area contributed by atoms with Gasteiger partial charge in [-0.25, -0.2) is 4.99 Å². The quantitative estimate of drug-likeness (QED) is 0.619. The second-order valence-corrected chi connectivity index (χ2v) is 3.44. The van der Waals surface area contributed by atoms with Gasteiger partial charge < -0.3 is 10.6 Å². The highest BCUT2D eigenvalue weighted by atomic mass is 15.2. The van der Waals surface area contributed by atoms with Crippen LogP contribution in [0.1, 0.15) is 19.3 Å². The Morgan fingerprint density at radius 3 is 3.14 bits per heavy atom. The first-order valence-corrected chi connectivity index (χ1v) is 4.65. The van der Waals surface area contributed by atoms with E-state index in [9.17, 15) is 0 Å². The van der Waals surface area contributed by atoms with E-state index in [1.165, 1.54) is 0 Å². The van der Waals surface area contributed by atoms with Gasteiger partial charge in [0.1, 0.15) is 11.9 Å². The van der Waals surface area contributed by atoms with Crippen LogP contribution in [0.3, 0.4) is 0 Å². The molecule has 0 atom stereocenters. The summed E-state index contributed by atoms with van der Waals surface area (Å²) in [6.45, 7) is 0. The summed E-state index contributed by atoms with van der Waals surface area (Å²) in [4.78, 5) is 6.10. The molecule has 0 saturated carbocycles. The first-order valence-electron chi connectivity index (χ1n) is 4.65. The van der Waals surface area contributed by atoms with E-state index in [4.69, 9.17) is 11.0 Å². The summed E-state index contributed by atoms with van der Waals surface area (Å²) in [5.41, 5.74) is 8.16. The Hall–Kier alpha value is -1.76. The Morgan fingerprint density at radius 2 is 2.43 bits per heavy atom. The lowest BCUT2D eigenvalue weighted by Crippen LogP contribution is -2.33. The van der Waals surface area contributed by atoms with E-state index in [0.29, 0.717) is 11.5 Å². The van der Waals surface area contributed by atoms with Crippen molar-refractivity contribution in [2.24, 2.45) is 10.7 Å². The molecule has 0 aromatic carbocycles. The number of allylic oxidation sites excluding steroid dienone is 3.